The van der Waals surface area contributed by atoms with Gasteiger partial charge in [0.25, 0.3) is 5.91 Å². The topological polar surface area (TPSA) is 63.2 Å². The molecule has 0 radical (unpaired) electrons. The normalized spacial score (nSPS) is 13.6. The van der Waals surface area contributed by atoms with Crippen molar-refractivity contribution in [3.63, 3.8) is 0 Å². The zero-order chi connectivity index (χ0) is 19.1. The molecule has 1 amide bonds. The van der Waals surface area contributed by atoms with E-state index in [1.54, 1.807) is 43.6 Å². The molecular formula is C21H24ClN3O2. The van der Waals surface area contributed by atoms with E-state index in [4.69, 9.17) is 16.3 Å². The van der Waals surface area contributed by atoms with Gasteiger partial charge in [-0.1, -0.05) is 23.3 Å². The van der Waals surface area contributed by atoms with E-state index in [1.807, 2.05) is 0 Å². The Morgan fingerprint density at radius 2 is 2.15 bits per heavy atom. The maximum Gasteiger partial charge on any atom is 0.255 e. The van der Waals surface area contributed by atoms with Crippen molar-refractivity contribution in [2.75, 3.05) is 24.3 Å². The zero-order valence-corrected chi connectivity index (χ0v) is 16.2. The van der Waals surface area contributed by atoms with Crippen LogP contribution >= 0.6 is 11.6 Å². The Kier molecular flexibility index (Phi) is 6.71. The molecule has 0 atom stereocenters. The number of hydrogen-bond donors (Lipinski definition) is 2. The third-order valence-electron chi connectivity index (χ3n) is 4.57. The van der Waals surface area contributed by atoms with Crippen LogP contribution in [0.3, 0.4) is 0 Å². The molecule has 0 saturated carbocycles. The number of aromatic nitrogens is 1. The molecule has 27 heavy (non-hydrogen) atoms. The van der Waals surface area contributed by atoms with Crippen LogP contribution in [0.2, 0.25) is 5.02 Å². The number of benzene rings is 1. The van der Waals surface area contributed by atoms with Gasteiger partial charge in [-0.05, 0) is 62.4 Å². The van der Waals surface area contributed by atoms with Gasteiger partial charge in [0, 0.05) is 24.0 Å². The van der Waals surface area contributed by atoms with Crippen molar-refractivity contribution < 1.29 is 9.53 Å². The van der Waals surface area contributed by atoms with E-state index in [-0.39, 0.29) is 5.91 Å². The lowest BCUT2D eigenvalue weighted by atomic mass is 9.97. The Morgan fingerprint density at radius 3 is 2.89 bits per heavy atom. The van der Waals surface area contributed by atoms with Crippen LogP contribution in [-0.4, -0.2) is 24.5 Å². The van der Waals surface area contributed by atoms with Gasteiger partial charge in [0.15, 0.2) is 0 Å². The SMILES string of the molecule is COc1ccc(NC(=O)c2ccnc(NCCC3=CCCCC3)c2)cc1Cl. The molecule has 1 aromatic heterocycles. The van der Waals surface area contributed by atoms with Crippen LogP contribution < -0.4 is 15.4 Å². The summed E-state index contributed by atoms with van der Waals surface area (Å²) in [6, 6.07) is 8.58. The number of anilines is 2. The van der Waals surface area contributed by atoms with E-state index < -0.39 is 0 Å². The van der Waals surface area contributed by atoms with Crippen LogP contribution in [0.4, 0.5) is 11.5 Å². The number of pyridine rings is 1. The molecule has 0 spiro atoms. The quantitative estimate of drug-likeness (QED) is 0.635. The highest BCUT2D eigenvalue weighted by Crippen LogP contribution is 2.27. The molecule has 1 aliphatic carbocycles. The molecule has 2 N–H and O–H groups in total. The Morgan fingerprint density at radius 1 is 1.26 bits per heavy atom. The second-order valence-corrected chi connectivity index (χ2v) is 6.93. The zero-order valence-electron chi connectivity index (χ0n) is 15.4. The summed E-state index contributed by atoms with van der Waals surface area (Å²) in [4.78, 5) is 16.8. The highest BCUT2D eigenvalue weighted by Gasteiger charge is 2.10. The number of nitrogens with one attached hydrogen (secondary N) is 2. The Hall–Kier alpha value is -2.53. The molecule has 0 fully saturated rings. The molecular weight excluding hydrogens is 362 g/mol. The number of amides is 1. The van der Waals surface area contributed by atoms with Gasteiger partial charge < -0.3 is 15.4 Å². The molecule has 1 aliphatic rings. The van der Waals surface area contributed by atoms with Crippen molar-refractivity contribution in [3.05, 3.63) is 58.8 Å². The number of ether oxygens (including phenoxy) is 1. The second kappa shape index (κ2) is 9.42. The van der Waals surface area contributed by atoms with Gasteiger partial charge in [0.05, 0.1) is 12.1 Å². The maximum atomic E-state index is 12.5. The van der Waals surface area contributed by atoms with E-state index in [9.17, 15) is 4.79 Å². The number of carbonyl (C=O) groups excluding carboxylic acids is 1. The monoisotopic (exact) mass is 385 g/mol. The summed E-state index contributed by atoms with van der Waals surface area (Å²) in [7, 11) is 1.55. The summed E-state index contributed by atoms with van der Waals surface area (Å²) in [5.41, 5.74) is 2.66. The highest BCUT2D eigenvalue weighted by molar-refractivity contribution is 6.32. The molecule has 1 heterocycles. The average Bonchev–Trinajstić information content (AvgIpc) is 2.69. The smallest absolute Gasteiger partial charge is 0.255 e. The van der Waals surface area contributed by atoms with E-state index in [0.717, 1.165) is 13.0 Å². The largest absolute Gasteiger partial charge is 0.495 e. The summed E-state index contributed by atoms with van der Waals surface area (Å²) in [5, 5.41) is 6.60. The van der Waals surface area contributed by atoms with Gasteiger partial charge in [-0.15, -0.1) is 0 Å². The standard InChI is InChI=1S/C21H24ClN3O2/c1-27-19-8-7-17(14-18(19)22)25-21(26)16-10-12-24-20(13-16)23-11-9-15-5-3-2-4-6-15/h5,7-8,10,12-14H,2-4,6,9,11H2,1H3,(H,23,24)(H,25,26). The average molecular weight is 386 g/mol. The number of allylic oxidation sites excluding steroid dienone is 1. The minimum atomic E-state index is -0.211. The summed E-state index contributed by atoms with van der Waals surface area (Å²) in [6.07, 6.45) is 9.98. The van der Waals surface area contributed by atoms with E-state index in [0.29, 0.717) is 27.8 Å². The second-order valence-electron chi connectivity index (χ2n) is 6.52. The molecule has 1 aromatic carbocycles. The van der Waals surface area contributed by atoms with Crippen molar-refractivity contribution in [1.29, 1.82) is 0 Å². The van der Waals surface area contributed by atoms with E-state index in [1.165, 1.54) is 31.3 Å². The lowest BCUT2D eigenvalue weighted by Gasteiger charge is -2.13. The first-order valence-corrected chi connectivity index (χ1v) is 9.56. The van der Waals surface area contributed by atoms with Crippen molar-refractivity contribution in [1.82, 2.24) is 4.98 Å². The molecule has 3 rings (SSSR count). The fourth-order valence-electron chi connectivity index (χ4n) is 3.10. The Balaban J connectivity index is 1.58. The highest BCUT2D eigenvalue weighted by atomic mass is 35.5. The third-order valence-corrected chi connectivity index (χ3v) is 4.86. The van der Waals surface area contributed by atoms with Crippen LogP contribution in [0.5, 0.6) is 5.75 Å². The number of rotatable bonds is 7. The summed E-state index contributed by atoms with van der Waals surface area (Å²) < 4.78 is 5.12. The van der Waals surface area contributed by atoms with E-state index in [2.05, 4.69) is 21.7 Å². The minimum absolute atomic E-state index is 0.211. The van der Waals surface area contributed by atoms with Crippen molar-refractivity contribution in [2.24, 2.45) is 0 Å². The number of methoxy groups -OCH3 is 1. The van der Waals surface area contributed by atoms with Gasteiger partial charge in [0.1, 0.15) is 11.6 Å². The van der Waals surface area contributed by atoms with Gasteiger partial charge in [-0.3, -0.25) is 4.79 Å². The molecule has 2 aromatic rings. The first-order valence-electron chi connectivity index (χ1n) is 9.18. The van der Waals surface area contributed by atoms with Crippen LogP contribution in [-0.2, 0) is 0 Å². The number of nitrogens with zero attached hydrogens (tertiary/aromatic N) is 1. The lowest BCUT2D eigenvalue weighted by molar-refractivity contribution is 0.102. The number of carbonyl (C=O) groups is 1. The third kappa shape index (κ3) is 5.47. The van der Waals surface area contributed by atoms with Crippen molar-refractivity contribution >= 4 is 29.0 Å². The number of hydrogen-bond acceptors (Lipinski definition) is 4. The summed E-state index contributed by atoms with van der Waals surface area (Å²) in [5.74, 6) is 1.06. The van der Waals surface area contributed by atoms with Crippen LogP contribution in [0, 0.1) is 0 Å². The first kappa shape index (κ1) is 19.2. The van der Waals surface area contributed by atoms with E-state index >= 15 is 0 Å². The molecule has 5 nitrogen and oxygen atoms in total. The predicted molar refractivity (Wildman–Crippen MR) is 110 cm³/mol. The molecule has 0 aliphatic heterocycles. The molecule has 0 bridgehead atoms. The molecule has 6 heteroatoms. The first-order chi connectivity index (χ1) is 13.2. The van der Waals surface area contributed by atoms with Crippen LogP contribution in [0.15, 0.2) is 48.2 Å². The van der Waals surface area contributed by atoms with Crippen molar-refractivity contribution in [2.45, 2.75) is 32.1 Å². The summed E-state index contributed by atoms with van der Waals surface area (Å²) >= 11 is 6.10. The van der Waals surface area contributed by atoms with Gasteiger partial charge in [0.2, 0.25) is 0 Å². The Labute approximate surface area is 164 Å². The summed E-state index contributed by atoms with van der Waals surface area (Å²) in [6.45, 7) is 0.817. The maximum absolute atomic E-state index is 12.5. The molecule has 0 unspecified atom stereocenters. The fourth-order valence-corrected chi connectivity index (χ4v) is 3.36. The van der Waals surface area contributed by atoms with Crippen LogP contribution in [0.1, 0.15) is 42.5 Å². The van der Waals surface area contributed by atoms with Crippen molar-refractivity contribution in [3.8, 4) is 5.75 Å². The fraction of sp³-hybridized carbons (Fsp3) is 0.333. The minimum Gasteiger partial charge on any atom is -0.495 e. The molecule has 142 valence electrons. The van der Waals surface area contributed by atoms with Gasteiger partial charge in [-0.2, -0.15) is 0 Å². The Bertz CT molecular complexity index is 836. The molecule has 0 saturated heterocycles. The van der Waals surface area contributed by atoms with Gasteiger partial charge >= 0.3 is 0 Å². The predicted octanol–water partition coefficient (Wildman–Crippen LogP) is 5.30. The van der Waals surface area contributed by atoms with Gasteiger partial charge in [-0.25, -0.2) is 4.98 Å². The van der Waals surface area contributed by atoms with Crippen LogP contribution in [0.25, 0.3) is 0 Å². The number of halogens is 1. The lowest BCUT2D eigenvalue weighted by Crippen LogP contribution is -2.13.